The highest BCUT2D eigenvalue weighted by molar-refractivity contribution is 8.76. The summed E-state index contributed by atoms with van der Waals surface area (Å²) in [5.41, 5.74) is 0. The lowest BCUT2D eigenvalue weighted by Gasteiger charge is -2.29. The molecule has 0 aromatic heterocycles. The second-order valence-corrected chi connectivity index (χ2v) is 9.53. The van der Waals surface area contributed by atoms with Gasteiger partial charge in [0.15, 0.2) is 0 Å². The first-order valence-corrected chi connectivity index (χ1v) is 8.62. The molecule has 6 heteroatoms. The molecule has 0 bridgehead atoms. The Morgan fingerprint density at radius 2 is 1.50 bits per heavy atom. The van der Waals surface area contributed by atoms with Crippen molar-refractivity contribution < 1.29 is 13.6 Å². The molecule has 1 aliphatic heterocycles. The van der Waals surface area contributed by atoms with Crippen LogP contribution < -0.4 is 0 Å². The van der Waals surface area contributed by atoms with Gasteiger partial charge in [-0.05, 0) is 20.8 Å². The van der Waals surface area contributed by atoms with Crippen LogP contribution in [0.1, 0.15) is 20.8 Å². The second-order valence-electron chi connectivity index (χ2n) is 3.98. The number of hydrogen-bond acceptors (Lipinski definition) is 5. The van der Waals surface area contributed by atoms with E-state index in [0.29, 0.717) is 13.2 Å². The van der Waals surface area contributed by atoms with Crippen molar-refractivity contribution in [1.29, 1.82) is 0 Å². The molecule has 0 saturated carbocycles. The molecule has 0 radical (unpaired) electrons. The van der Waals surface area contributed by atoms with Crippen molar-refractivity contribution in [2.75, 3.05) is 24.7 Å². The highest BCUT2D eigenvalue weighted by Crippen LogP contribution is 2.60. The lowest BCUT2D eigenvalue weighted by molar-refractivity contribution is 0.206. The molecule has 14 heavy (non-hydrogen) atoms. The van der Waals surface area contributed by atoms with Crippen molar-refractivity contribution in [3.8, 4) is 0 Å². The zero-order valence-corrected chi connectivity index (χ0v) is 11.3. The predicted octanol–water partition coefficient (Wildman–Crippen LogP) is 3.41. The van der Waals surface area contributed by atoms with Gasteiger partial charge in [0.2, 0.25) is 0 Å². The van der Waals surface area contributed by atoms with Gasteiger partial charge < -0.3 is 9.05 Å². The third kappa shape index (κ3) is 3.46. The van der Waals surface area contributed by atoms with E-state index < -0.39 is 12.8 Å². The van der Waals surface area contributed by atoms with Gasteiger partial charge in [-0.2, -0.15) is 0 Å². The Hall–Kier alpha value is 0.850. The van der Waals surface area contributed by atoms with Crippen LogP contribution in [0, 0.1) is 0 Å². The van der Waals surface area contributed by atoms with E-state index in [2.05, 4.69) is 0 Å². The van der Waals surface area contributed by atoms with E-state index in [1.54, 1.807) is 21.6 Å². The van der Waals surface area contributed by atoms with Crippen LogP contribution in [0.5, 0.6) is 0 Å². The predicted molar refractivity (Wildman–Crippen MR) is 64.2 cm³/mol. The van der Waals surface area contributed by atoms with Gasteiger partial charge >= 0.3 is 7.60 Å². The second kappa shape index (κ2) is 5.26. The van der Waals surface area contributed by atoms with Gasteiger partial charge in [0.05, 0.1) is 18.4 Å². The molecule has 0 unspecified atom stereocenters. The van der Waals surface area contributed by atoms with Crippen LogP contribution >= 0.6 is 29.2 Å². The summed E-state index contributed by atoms with van der Waals surface area (Å²) < 4.78 is 23.1. The summed E-state index contributed by atoms with van der Waals surface area (Å²) in [4.78, 5) is 0. The molecule has 0 aliphatic carbocycles. The van der Waals surface area contributed by atoms with Crippen LogP contribution in [-0.4, -0.2) is 29.9 Å². The molecule has 0 spiro atoms. The van der Waals surface area contributed by atoms with Crippen LogP contribution in [0.25, 0.3) is 0 Å². The largest absolute Gasteiger partial charge is 0.335 e. The third-order valence-corrected chi connectivity index (χ3v) is 6.78. The molecule has 1 heterocycles. The summed E-state index contributed by atoms with van der Waals surface area (Å²) in [6.45, 7) is 6.70. The van der Waals surface area contributed by atoms with Crippen molar-refractivity contribution in [3.63, 3.8) is 0 Å². The first-order chi connectivity index (χ1) is 6.46. The van der Waals surface area contributed by atoms with Crippen molar-refractivity contribution in [3.05, 3.63) is 0 Å². The smallest absolute Gasteiger partial charge is 0.307 e. The SMILES string of the molecule is CC(C)(C)P1(=O)OCCSSCCO1. The van der Waals surface area contributed by atoms with Gasteiger partial charge in [0.25, 0.3) is 0 Å². The van der Waals surface area contributed by atoms with Crippen LogP contribution in [-0.2, 0) is 13.6 Å². The van der Waals surface area contributed by atoms with E-state index in [1.165, 1.54) is 0 Å². The summed E-state index contributed by atoms with van der Waals surface area (Å²) in [5, 5.41) is -0.424. The molecule has 3 nitrogen and oxygen atoms in total. The summed E-state index contributed by atoms with van der Waals surface area (Å²) >= 11 is 0. The number of hydrogen-bond donors (Lipinski definition) is 0. The van der Waals surface area contributed by atoms with Gasteiger partial charge in [0.1, 0.15) is 0 Å². The highest BCUT2D eigenvalue weighted by Gasteiger charge is 2.39. The minimum absolute atomic E-state index is 0.424. The Morgan fingerprint density at radius 1 is 1.07 bits per heavy atom. The minimum atomic E-state index is -2.92. The Balaban J connectivity index is 2.68. The van der Waals surface area contributed by atoms with Crippen LogP contribution in [0.2, 0.25) is 0 Å². The van der Waals surface area contributed by atoms with Gasteiger partial charge in [-0.3, -0.25) is 4.57 Å². The quantitative estimate of drug-likeness (QED) is 0.490. The first-order valence-electron chi connectivity index (χ1n) is 4.59. The van der Waals surface area contributed by atoms with Crippen LogP contribution in [0.4, 0.5) is 0 Å². The number of rotatable bonds is 0. The molecule has 0 aromatic rings. The standard InChI is InChI=1S/C8H17O3PS2/c1-8(2,3)12(9)10-4-6-13-14-7-5-11-12/h4-7H2,1-3H3. The average Bonchev–Trinajstić information content (AvgIpc) is 2.16. The van der Waals surface area contributed by atoms with Crippen molar-refractivity contribution in [1.82, 2.24) is 0 Å². The Bertz CT molecular complexity index is 213. The van der Waals surface area contributed by atoms with Gasteiger partial charge in [0, 0.05) is 11.5 Å². The molecular weight excluding hydrogens is 239 g/mol. The van der Waals surface area contributed by atoms with E-state index >= 15 is 0 Å². The molecule has 1 fully saturated rings. The fourth-order valence-corrected chi connectivity index (χ4v) is 4.34. The zero-order chi connectivity index (χ0) is 10.7. The monoisotopic (exact) mass is 256 g/mol. The molecule has 84 valence electrons. The van der Waals surface area contributed by atoms with Crippen molar-refractivity contribution in [2.45, 2.75) is 25.9 Å². The van der Waals surface area contributed by atoms with Crippen molar-refractivity contribution >= 4 is 29.2 Å². The topological polar surface area (TPSA) is 35.5 Å². The van der Waals surface area contributed by atoms with E-state index in [0.717, 1.165) is 11.5 Å². The summed E-state index contributed by atoms with van der Waals surface area (Å²) in [7, 11) is 0.566. The zero-order valence-electron chi connectivity index (χ0n) is 8.82. The average molecular weight is 256 g/mol. The minimum Gasteiger partial charge on any atom is -0.307 e. The van der Waals surface area contributed by atoms with Crippen molar-refractivity contribution in [2.24, 2.45) is 0 Å². The normalized spacial score (nSPS) is 24.8. The van der Waals surface area contributed by atoms with Gasteiger partial charge in [-0.1, -0.05) is 21.6 Å². The summed E-state index contributed by atoms with van der Waals surface area (Å²) in [5.74, 6) is 1.74. The molecule has 1 aliphatic rings. The highest BCUT2D eigenvalue weighted by atomic mass is 33.1. The molecule has 0 atom stereocenters. The van der Waals surface area contributed by atoms with E-state index in [-0.39, 0.29) is 0 Å². The molecule has 0 N–H and O–H groups in total. The maximum Gasteiger partial charge on any atom is 0.335 e. The molecular formula is C8H17O3PS2. The lowest BCUT2D eigenvalue weighted by atomic mass is 10.3. The summed E-state index contributed by atoms with van der Waals surface area (Å²) in [6.07, 6.45) is 0. The third-order valence-electron chi connectivity index (χ3n) is 1.76. The van der Waals surface area contributed by atoms with E-state index in [9.17, 15) is 4.57 Å². The maximum atomic E-state index is 12.3. The maximum absolute atomic E-state index is 12.3. The van der Waals surface area contributed by atoms with Crippen LogP contribution in [0.15, 0.2) is 0 Å². The van der Waals surface area contributed by atoms with E-state index in [4.69, 9.17) is 9.05 Å². The lowest BCUT2D eigenvalue weighted by Crippen LogP contribution is -2.19. The Morgan fingerprint density at radius 3 is 1.86 bits per heavy atom. The molecule has 0 amide bonds. The fourth-order valence-electron chi connectivity index (χ4n) is 0.925. The molecule has 1 saturated heterocycles. The molecule has 1 rings (SSSR count). The van der Waals surface area contributed by atoms with Gasteiger partial charge in [-0.15, -0.1) is 0 Å². The van der Waals surface area contributed by atoms with Crippen LogP contribution in [0.3, 0.4) is 0 Å². The summed E-state index contributed by atoms with van der Waals surface area (Å²) in [6, 6.07) is 0. The van der Waals surface area contributed by atoms with E-state index in [1.807, 2.05) is 20.8 Å². The Kier molecular flexibility index (Phi) is 4.85. The fraction of sp³-hybridized carbons (Fsp3) is 1.00. The first kappa shape index (κ1) is 12.9. The van der Waals surface area contributed by atoms with Gasteiger partial charge in [-0.25, -0.2) is 0 Å². The molecule has 0 aromatic carbocycles. The Labute approximate surface area is 93.6 Å².